The fourth-order valence-corrected chi connectivity index (χ4v) is 1.31. The minimum Gasteiger partial charge on any atom is -0.355 e. The first-order chi connectivity index (χ1) is 7.10. The maximum Gasteiger partial charge on any atom is 0.221 e. The number of nitrogens with zero attached hydrogens (tertiary/aromatic N) is 2. The van der Waals surface area contributed by atoms with Gasteiger partial charge in [-0.05, 0) is 27.2 Å². The summed E-state index contributed by atoms with van der Waals surface area (Å²) in [5, 5.41) is 2.91. The molecule has 4 nitrogen and oxygen atoms in total. The minimum absolute atomic E-state index is 0.156. The Morgan fingerprint density at radius 2 is 1.73 bits per heavy atom. The van der Waals surface area contributed by atoms with Crippen molar-refractivity contribution in [3.63, 3.8) is 0 Å². The topological polar surface area (TPSA) is 35.6 Å². The fraction of sp³-hybridized carbons (Fsp3) is 0.909. The van der Waals surface area contributed by atoms with Crippen molar-refractivity contribution in [1.29, 1.82) is 0 Å². The van der Waals surface area contributed by atoms with Gasteiger partial charge in [0.2, 0.25) is 5.91 Å². The molecule has 0 unspecified atom stereocenters. The third-order valence-electron chi connectivity index (χ3n) is 2.43. The van der Waals surface area contributed by atoms with E-state index in [9.17, 15) is 4.79 Å². The van der Waals surface area contributed by atoms with Crippen LogP contribution in [-0.4, -0.2) is 62.5 Å². The highest BCUT2D eigenvalue weighted by Crippen LogP contribution is 1.90. The van der Waals surface area contributed by atoms with Crippen LogP contribution in [-0.2, 0) is 4.79 Å². The number of hydrogen-bond donors (Lipinski definition) is 1. The summed E-state index contributed by atoms with van der Waals surface area (Å²) in [5.74, 6) is 0.156. The summed E-state index contributed by atoms with van der Waals surface area (Å²) < 4.78 is 0. The quantitative estimate of drug-likeness (QED) is 0.636. The van der Waals surface area contributed by atoms with Gasteiger partial charge in [-0.15, -0.1) is 0 Å². The molecule has 0 radical (unpaired) electrons. The van der Waals surface area contributed by atoms with Crippen LogP contribution < -0.4 is 5.32 Å². The van der Waals surface area contributed by atoms with E-state index < -0.39 is 0 Å². The second kappa shape index (κ2) is 8.68. The molecule has 0 aromatic carbocycles. The van der Waals surface area contributed by atoms with Gasteiger partial charge < -0.3 is 15.1 Å². The lowest BCUT2D eigenvalue weighted by molar-refractivity contribution is -0.121. The average Bonchev–Trinajstić information content (AvgIpc) is 2.18. The van der Waals surface area contributed by atoms with E-state index in [0.29, 0.717) is 6.42 Å². The monoisotopic (exact) mass is 215 g/mol. The Morgan fingerprint density at radius 1 is 1.13 bits per heavy atom. The van der Waals surface area contributed by atoms with Crippen LogP contribution in [0.15, 0.2) is 0 Å². The van der Waals surface area contributed by atoms with Gasteiger partial charge >= 0.3 is 0 Å². The van der Waals surface area contributed by atoms with Crippen LogP contribution >= 0.6 is 0 Å². The molecule has 0 saturated carbocycles. The number of likely N-dealkylation sites (N-methyl/N-ethyl adjacent to an activating group) is 1. The van der Waals surface area contributed by atoms with Gasteiger partial charge in [-0.25, -0.2) is 0 Å². The molecule has 0 rings (SSSR count). The van der Waals surface area contributed by atoms with Gasteiger partial charge in [0.1, 0.15) is 0 Å². The Labute approximate surface area is 93.6 Å². The van der Waals surface area contributed by atoms with E-state index in [1.54, 1.807) is 0 Å². The summed E-state index contributed by atoms with van der Waals surface area (Å²) in [6, 6.07) is 0. The Bertz CT molecular complexity index is 167. The molecule has 90 valence electrons. The second-order valence-electron chi connectivity index (χ2n) is 3.93. The fourth-order valence-electron chi connectivity index (χ4n) is 1.31. The predicted molar refractivity (Wildman–Crippen MR) is 64.0 cm³/mol. The van der Waals surface area contributed by atoms with Crippen molar-refractivity contribution in [3.8, 4) is 0 Å². The van der Waals surface area contributed by atoms with Gasteiger partial charge in [-0.2, -0.15) is 0 Å². The zero-order chi connectivity index (χ0) is 11.7. The summed E-state index contributed by atoms with van der Waals surface area (Å²) in [5.41, 5.74) is 0. The normalized spacial score (nSPS) is 11.1. The number of rotatable bonds is 8. The number of carbonyl (C=O) groups is 1. The molecule has 0 bridgehead atoms. The predicted octanol–water partition coefficient (Wildman–Crippen LogP) is 0.396. The largest absolute Gasteiger partial charge is 0.355 e. The third-order valence-corrected chi connectivity index (χ3v) is 2.43. The van der Waals surface area contributed by atoms with Crippen LogP contribution in [0, 0.1) is 0 Å². The van der Waals surface area contributed by atoms with Gasteiger partial charge in [0.15, 0.2) is 0 Å². The molecule has 0 aliphatic rings. The Kier molecular flexibility index (Phi) is 8.33. The van der Waals surface area contributed by atoms with E-state index >= 15 is 0 Å². The Morgan fingerprint density at radius 3 is 2.20 bits per heavy atom. The van der Waals surface area contributed by atoms with E-state index in [2.05, 4.69) is 29.0 Å². The Balaban J connectivity index is 3.48. The van der Waals surface area contributed by atoms with Crippen LogP contribution in [0.1, 0.15) is 20.3 Å². The van der Waals surface area contributed by atoms with Gasteiger partial charge in [0.05, 0.1) is 0 Å². The summed E-state index contributed by atoms with van der Waals surface area (Å²) in [6.07, 6.45) is 0.606. The number of nitrogens with one attached hydrogen (secondary N) is 1. The summed E-state index contributed by atoms with van der Waals surface area (Å²) >= 11 is 0. The van der Waals surface area contributed by atoms with Crippen molar-refractivity contribution in [2.75, 3.05) is 46.8 Å². The van der Waals surface area contributed by atoms with Crippen molar-refractivity contribution < 1.29 is 4.79 Å². The van der Waals surface area contributed by atoms with E-state index in [1.165, 1.54) is 0 Å². The van der Waals surface area contributed by atoms with Crippen LogP contribution in [0.5, 0.6) is 0 Å². The molecule has 0 heterocycles. The van der Waals surface area contributed by atoms with E-state index in [1.807, 2.05) is 14.1 Å². The lowest BCUT2D eigenvalue weighted by Gasteiger charge is -2.17. The molecular weight excluding hydrogens is 190 g/mol. The smallest absolute Gasteiger partial charge is 0.221 e. The lowest BCUT2D eigenvalue weighted by Crippen LogP contribution is -2.34. The van der Waals surface area contributed by atoms with E-state index in [-0.39, 0.29) is 5.91 Å². The summed E-state index contributed by atoms with van der Waals surface area (Å²) in [4.78, 5) is 15.7. The highest BCUT2D eigenvalue weighted by Gasteiger charge is 2.04. The summed E-state index contributed by atoms with van der Waals surface area (Å²) in [7, 11) is 4.00. The molecule has 1 amide bonds. The average molecular weight is 215 g/mol. The zero-order valence-electron chi connectivity index (χ0n) is 10.5. The molecule has 0 fully saturated rings. The molecule has 0 aliphatic carbocycles. The first-order valence-electron chi connectivity index (χ1n) is 5.73. The van der Waals surface area contributed by atoms with E-state index in [0.717, 1.165) is 32.7 Å². The van der Waals surface area contributed by atoms with Gasteiger partial charge in [-0.3, -0.25) is 4.79 Å². The van der Waals surface area contributed by atoms with Crippen molar-refractivity contribution >= 4 is 5.91 Å². The molecular formula is C11H25N3O. The first kappa shape index (κ1) is 14.4. The molecule has 0 spiro atoms. The first-order valence-corrected chi connectivity index (χ1v) is 5.73. The van der Waals surface area contributed by atoms with Gasteiger partial charge in [-0.1, -0.05) is 13.8 Å². The van der Waals surface area contributed by atoms with Gasteiger partial charge in [0.25, 0.3) is 0 Å². The maximum absolute atomic E-state index is 11.4. The standard InChI is InChI=1S/C11H25N3O/c1-5-14(6-2)9-7-11(15)12-8-10-13(3)4/h5-10H2,1-4H3,(H,12,15). The van der Waals surface area contributed by atoms with Crippen molar-refractivity contribution in [3.05, 3.63) is 0 Å². The number of carbonyl (C=O) groups excluding carboxylic acids is 1. The second-order valence-corrected chi connectivity index (χ2v) is 3.93. The van der Waals surface area contributed by atoms with Crippen molar-refractivity contribution in [2.24, 2.45) is 0 Å². The summed E-state index contributed by atoms with van der Waals surface area (Å²) in [6.45, 7) is 8.77. The highest BCUT2D eigenvalue weighted by atomic mass is 16.1. The van der Waals surface area contributed by atoms with Crippen LogP contribution in [0.4, 0.5) is 0 Å². The lowest BCUT2D eigenvalue weighted by atomic mass is 10.3. The number of hydrogen-bond acceptors (Lipinski definition) is 3. The van der Waals surface area contributed by atoms with Gasteiger partial charge in [0, 0.05) is 26.1 Å². The van der Waals surface area contributed by atoms with Crippen molar-refractivity contribution in [1.82, 2.24) is 15.1 Å². The molecule has 0 aliphatic heterocycles. The molecule has 0 aromatic heterocycles. The minimum atomic E-state index is 0.156. The van der Waals surface area contributed by atoms with E-state index in [4.69, 9.17) is 0 Å². The zero-order valence-corrected chi connectivity index (χ0v) is 10.5. The van der Waals surface area contributed by atoms with Crippen LogP contribution in [0.2, 0.25) is 0 Å². The van der Waals surface area contributed by atoms with Crippen LogP contribution in [0.3, 0.4) is 0 Å². The number of amides is 1. The molecule has 4 heteroatoms. The molecule has 0 aromatic rings. The Hall–Kier alpha value is -0.610. The highest BCUT2D eigenvalue weighted by molar-refractivity contribution is 5.76. The third kappa shape index (κ3) is 8.39. The molecule has 0 saturated heterocycles. The molecule has 15 heavy (non-hydrogen) atoms. The van der Waals surface area contributed by atoms with Crippen molar-refractivity contribution in [2.45, 2.75) is 20.3 Å². The molecule has 1 N–H and O–H groups in total. The van der Waals surface area contributed by atoms with Crippen LogP contribution in [0.25, 0.3) is 0 Å². The molecule has 0 atom stereocenters. The maximum atomic E-state index is 11.4. The SMILES string of the molecule is CCN(CC)CCC(=O)NCCN(C)C.